The number of halogens is 2. The van der Waals surface area contributed by atoms with E-state index in [-0.39, 0.29) is 35.1 Å². The number of hydrogen-bond acceptors (Lipinski definition) is 7. The van der Waals surface area contributed by atoms with E-state index in [2.05, 4.69) is 25.6 Å². The van der Waals surface area contributed by atoms with Gasteiger partial charge in [-0.2, -0.15) is 0 Å². The molecule has 3 N–H and O–H groups in total. The lowest BCUT2D eigenvalue weighted by molar-refractivity contribution is 0.0924. The summed E-state index contributed by atoms with van der Waals surface area (Å²) in [7, 11) is 1.44. The smallest absolute Gasteiger partial charge is 0.255 e. The molecule has 1 aromatic carbocycles. The van der Waals surface area contributed by atoms with Gasteiger partial charge in [0.05, 0.1) is 36.2 Å². The van der Waals surface area contributed by atoms with Crippen LogP contribution in [0.2, 0.25) is 5.02 Å². The van der Waals surface area contributed by atoms with E-state index in [0.29, 0.717) is 10.7 Å². The molecule has 0 aliphatic carbocycles. The molecule has 30 heavy (non-hydrogen) atoms. The van der Waals surface area contributed by atoms with Crippen molar-refractivity contribution in [3.8, 4) is 17.1 Å². The van der Waals surface area contributed by atoms with Gasteiger partial charge in [-0.1, -0.05) is 11.6 Å². The predicted molar refractivity (Wildman–Crippen MR) is 111 cm³/mol. The van der Waals surface area contributed by atoms with Crippen molar-refractivity contribution in [1.82, 2.24) is 20.3 Å². The number of hydrogen-bond donors (Lipinski definition) is 3. The molecule has 0 aliphatic rings. The van der Waals surface area contributed by atoms with E-state index in [1.807, 2.05) is 0 Å². The molecule has 1 amide bonds. The standard InChI is InChI=1S/C20H19ClFN5O3/c1-11(28)8-25-20(29)14-9-23-6-5-16(14)26-19-17(30-2)10-24-18(27-19)13-7-12(21)3-4-15(13)22/h3-7,9-11,28H,8H2,1-2H3,(H,25,29)(H,23,24,26,27). The third kappa shape index (κ3) is 5.00. The zero-order valence-electron chi connectivity index (χ0n) is 16.2. The highest BCUT2D eigenvalue weighted by Gasteiger charge is 2.17. The predicted octanol–water partition coefficient (Wildman–Crippen LogP) is 3.19. The Balaban J connectivity index is 1.97. The lowest BCUT2D eigenvalue weighted by Gasteiger charge is -2.14. The minimum absolute atomic E-state index is 0.0855. The van der Waals surface area contributed by atoms with Crippen LogP contribution in [0.15, 0.2) is 42.9 Å². The quantitative estimate of drug-likeness (QED) is 0.527. The average molecular weight is 432 g/mol. The molecular weight excluding hydrogens is 413 g/mol. The van der Waals surface area contributed by atoms with Crippen LogP contribution in [0.4, 0.5) is 15.9 Å². The molecule has 1 unspecified atom stereocenters. The van der Waals surface area contributed by atoms with Crippen LogP contribution in [0.3, 0.4) is 0 Å². The highest BCUT2D eigenvalue weighted by molar-refractivity contribution is 6.30. The minimum atomic E-state index is -0.695. The summed E-state index contributed by atoms with van der Waals surface area (Å²) in [6, 6.07) is 5.66. The van der Waals surface area contributed by atoms with Gasteiger partial charge >= 0.3 is 0 Å². The molecule has 1 atom stereocenters. The van der Waals surface area contributed by atoms with Crippen LogP contribution in [0.25, 0.3) is 11.4 Å². The van der Waals surface area contributed by atoms with Crippen molar-refractivity contribution >= 4 is 29.0 Å². The van der Waals surface area contributed by atoms with Crippen molar-refractivity contribution in [2.45, 2.75) is 13.0 Å². The molecule has 2 aromatic heterocycles. The number of aliphatic hydroxyl groups is 1. The third-order valence-corrected chi connectivity index (χ3v) is 4.26. The van der Waals surface area contributed by atoms with Gasteiger partial charge in [-0.3, -0.25) is 9.78 Å². The second-order valence-electron chi connectivity index (χ2n) is 6.34. The SMILES string of the molecule is COc1cnc(-c2cc(Cl)ccc2F)nc1Nc1ccncc1C(=O)NCC(C)O. The molecular formula is C20H19ClFN5O3. The van der Waals surface area contributed by atoms with Crippen LogP contribution >= 0.6 is 11.6 Å². The fourth-order valence-corrected chi connectivity index (χ4v) is 2.73. The molecule has 156 valence electrons. The summed E-state index contributed by atoms with van der Waals surface area (Å²) < 4.78 is 19.5. The van der Waals surface area contributed by atoms with E-state index in [1.54, 1.807) is 13.0 Å². The zero-order chi connectivity index (χ0) is 21.7. The van der Waals surface area contributed by atoms with E-state index in [4.69, 9.17) is 16.3 Å². The number of carbonyl (C=O) groups is 1. The van der Waals surface area contributed by atoms with Crippen LogP contribution in [-0.2, 0) is 0 Å². The van der Waals surface area contributed by atoms with Gasteiger partial charge < -0.3 is 20.5 Å². The summed E-state index contributed by atoms with van der Waals surface area (Å²) in [5, 5.41) is 15.3. The van der Waals surface area contributed by atoms with Crippen molar-refractivity contribution in [1.29, 1.82) is 0 Å². The Morgan fingerprint density at radius 3 is 2.87 bits per heavy atom. The summed E-state index contributed by atoms with van der Waals surface area (Å²) in [5.74, 6) is -0.364. The number of carbonyl (C=O) groups excluding carboxylic acids is 1. The molecule has 3 aromatic rings. The molecule has 2 heterocycles. The summed E-state index contributed by atoms with van der Waals surface area (Å²) in [6.07, 6.45) is 3.57. The Bertz CT molecular complexity index is 1060. The molecule has 3 rings (SSSR count). The van der Waals surface area contributed by atoms with Crippen LogP contribution < -0.4 is 15.4 Å². The van der Waals surface area contributed by atoms with Crippen molar-refractivity contribution in [2.75, 3.05) is 19.0 Å². The number of anilines is 2. The van der Waals surface area contributed by atoms with Gasteiger partial charge in [-0.25, -0.2) is 14.4 Å². The molecule has 0 radical (unpaired) electrons. The molecule has 10 heteroatoms. The van der Waals surface area contributed by atoms with Gasteiger partial charge in [-0.15, -0.1) is 0 Å². The number of nitrogens with one attached hydrogen (secondary N) is 2. The van der Waals surface area contributed by atoms with Crippen molar-refractivity contribution in [3.05, 3.63) is 59.3 Å². The maximum absolute atomic E-state index is 14.2. The summed E-state index contributed by atoms with van der Waals surface area (Å²) >= 11 is 5.97. The van der Waals surface area contributed by atoms with Crippen LogP contribution in [0, 0.1) is 5.82 Å². The van der Waals surface area contributed by atoms with Crippen LogP contribution in [-0.4, -0.2) is 45.7 Å². The highest BCUT2D eigenvalue weighted by atomic mass is 35.5. The molecule has 0 bridgehead atoms. The monoisotopic (exact) mass is 431 g/mol. The molecule has 8 nitrogen and oxygen atoms in total. The number of aliphatic hydroxyl groups excluding tert-OH is 1. The van der Waals surface area contributed by atoms with Crippen molar-refractivity contribution < 1.29 is 19.0 Å². The number of rotatable bonds is 7. The van der Waals surface area contributed by atoms with Crippen molar-refractivity contribution in [3.63, 3.8) is 0 Å². The Morgan fingerprint density at radius 1 is 1.33 bits per heavy atom. The Labute approximate surface area is 177 Å². The van der Waals surface area contributed by atoms with E-state index >= 15 is 0 Å². The number of benzene rings is 1. The summed E-state index contributed by atoms with van der Waals surface area (Å²) in [4.78, 5) is 24.9. The fourth-order valence-electron chi connectivity index (χ4n) is 2.56. The Kier molecular flexibility index (Phi) is 6.76. The fraction of sp³-hybridized carbons (Fsp3) is 0.200. The Hall–Kier alpha value is -3.30. The topological polar surface area (TPSA) is 109 Å². The zero-order valence-corrected chi connectivity index (χ0v) is 16.9. The summed E-state index contributed by atoms with van der Waals surface area (Å²) in [5.41, 5.74) is 0.745. The van der Waals surface area contributed by atoms with E-state index in [0.717, 1.165) is 0 Å². The lowest BCUT2D eigenvalue weighted by atomic mass is 10.2. The summed E-state index contributed by atoms with van der Waals surface area (Å²) in [6.45, 7) is 1.65. The maximum atomic E-state index is 14.2. The number of aromatic nitrogens is 3. The van der Waals surface area contributed by atoms with Gasteiger partial charge in [0.1, 0.15) is 5.82 Å². The van der Waals surface area contributed by atoms with Gasteiger partial charge in [0.2, 0.25) is 0 Å². The van der Waals surface area contributed by atoms with Gasteiger partial charge in [0.25, 0.3) is 5.91 Å². The minimum Gasteiger partial charge on any atom is -0.491 e. The van der Waals surface area contributed by atoms with Gasteiger partial charge in [0.15, 0.2) is 17.4 Å². The van der Waals surface area contributed by atoms with Crippen molar-refractivity contribution in [2.24, 2.45) is 0 Å². The third-order valence-electron chi connectivity index (χ3n) is 4.02. The molecule has 0 fully saturated rings. The van der Waals surface area contributed by atoms with E-state index in [9.17, 15) is 14.3 Å². The second kappa shape index (κ2) is 9.47. The number of nitrogens with zero attached hydrogens (tertiary/aromatic N) is 3. The largest absolute Gasteiger partial charge is 0.491 e. The second-order valence-corrected chi connectivity index (χ2v) is 6.78. The van der Waals surface area contributed by atoms with Gasteiger partial charge in [0, 0.05) is 24.0 Å². The molecule has 0 saturated carbocycles. The number of amides is 1. The highest BCUT2D eigenvalue weighted by Crippen LogP contribution is 2.30. The number of pyridine rings is 1. The first kappa shape index (κ1) is 21.4. The molecule has 0 spiro atoms. The number of methoxy groups -OCH3 is 1. The first-order valence-electron chi connectivity index (χ1n) is 8.92. The number of ether oxygens (including phenoxy) is 1. The average Bonchev–Trinajstić information content (AvgIpc) is 2.74. The lowest BCUT2D eigenvalue weighted by Crippen LogP contribution is -2.31. The van der Waals surface area contributed by atoms with Gasteiger partial charge in [-0.05, 0) is 31.2 Å². The Morgan fingerprint density at radius 2 is 2.13 bits per heavy atom. The maximum Gasteiger partial charge on any atom is 0.255 e. The van der Waals surface area contributed by atoms with E-state index in [1.165, 1.54) is 43.9 Å². The first-order valence-corrected chi connectivity index (χ1v) is 9.30. The first-order chi connectivity index (χ1) is 14.4. The normalized spacial score (nSPS) is 11.6. The van der Waals surface area contributed by atoms with E-state index < -0.39 is 17.8 Å². The van der Waals surface area contributed by atoms with Crippen LogP contribution in [0.5, 0.6) is 5.75 Å². The molecule has 0 aliphatic heterocycles. The van der Waals surface area contributed by atoms with Crippen LogP contribution in [0.1, 0.15) is 17.3 Å². The molecule has 0 saturated heterocycles.